The minimum absolute atomic E-state index is 0.0170. The van der Waals surface area contributed by atoms with Crippen molar-refractivity contribution in [2.75, 3.05) is 38.5 Å². The Hall–Kier alpha value is -4.69. The first kappa shape index (κ1) is 25.6. The summed E-state index contributed by atoms with van der Waals surface area (Å²) in [7, 11) is 2.07. The van der Waals surface area contributed by atoms with E-state index in [2.05, 4.69) is 40.2 Å². The summed E-state index contributed by atoms with van der Waals surface area (Å²) in [6.45, 7) is 7.24. The number of rotatable bonds is 5. The average Bonchev–Trinajstić information content (AvgIpc) is 3.33. The van der Waals surface area contributed by atoms with E-state index in [4.69, 9.17) is 5.73 Å². The second kappa shape index (κ2) is 10.1. The molecule has 0 radical (unpaired) electrons. The van der Waals surface area contributed by atoms with Crippen LogP contribution >= 0.6 is 0 Å². The van der Waals surface area contributed by atoms with E-state index in [9.17, 15) is 9.59 Å². The van der Waals surface area contributed by atoms with Gasteiger partial charge in [0.15, 0.2) is 0 Å². The number of aromatic nitrogens is 2. The smallest absolute Gasteiger partial charge is 0.254 e. The number of aryl methyl sites for hydroxylation is 1. The highest BCUT2D eigenvalue weighted by atomic mass is 16.2. The number of hydrogen-bond donors (Lipinski definition) is 3. The SMILES string of the molecule is Cc1ccnc(Nc2cccc(-c3ccc(C(N)=O)c4[nH]c5cc(C(=O)N6CCN(C)CC6)ccc5c34)c2C)c1. The Bertz CT molecular complexity index is 1780. The van der Waals surface area contributed by atoms with Crippen LogP contribution in [0, 0.1) is 13.8 Å². The van der Waals surface area contributed by atoms with Crippen molar-refractivity contribution in [3.05, 3.63) is 89.1 Å². The molecule has 1 fully saturated rings. The molecule has 0 saturated carbocycles. The maximum absolute atomic E-state index is 13.3. The molecule has 1 aliphatic heterocycles. The van der Waals surface area contributed by atoms with Crippen molar-refractivity contribution < 1.29 is 9.59 Å². The van der Waals surface area contributed by atoms with Gasteiger partial charge in [-0.15, -0.1) is 0 Å². The first-order chi connectivity index (χ1) is 19.3. The van der Waals surface area contributed by atoms with E-state index in [1.165, 1.54) is 0 Å². The van der Waals surface area contributed by atoms with Gasteiger partial charge in [-0.05, 0) is 79.5 Å². The lowest BCUT2D eigenvalue weighted by atomic mass is 9.93. The Morgan fingerprint density at radius 1 is 0.950 bits per heavy atom. The maximum Gasteiger partial charge on any atom is 0.254 e. The predicted molar refractivity (Wildman–Crippen MR) is 160 cm³/mol. The summed E-state index contributed by atoms with van der Waals surface area (Å²) < 4.78 is 0. The van der Waals surface area contributed by atoms with E-state index in [1.54, 1.807) is 12.3 Å². The molecule has 0 bridgehead atoms. The van der Waals surface area contributed by atoms with Crippen LogP contribution in [0.4, 0.5) is 11.5 Å². The number of amides is 2. The van der Waals surface area contributed by atoms with Crippen molar-refractivity contribution in [3.63, 3.8) is 0 Å². The van der Waals surface area contributed by atoms with Gasteiger partial charge in [0.25, 0.3) is 11.8 Å². The van der Waals surface area contributed by atoms with Gasteiger partial charge >= 0.3 is 0 Å². The van der Waals surface area contributed by atoms with Crippen LogP contribution in [0.25, 0.3) is 32.9 Å². The number of H-pyrrole nitrogens is 1. The molecule has 4 N–H and O–H groups in total. The van der Waals surface area contributed by atoms with E-state index >= 15 is 0 Å². The van der Waals surface area contributed by atoms with Crippen LogP contribution in [0.5, 0.6) is 0 Å². The van der Waals surface area contributed by atoms with Crippen molar-refractivity contribution in [1.82, 2.24) is 19.8 Å². The number of pyridine rings is 1. The Morgan fingerprint density at radius 3 is 2.50 bits per heavy atom. The average molecular weight is 533 g/mol. The van der Waals surface area contributed by atoms with Crippen LogP contribution in [0.2, 0.25) is 0 Å². The number of likely N-dealkylation sites (N-methyl/N-ethyl adjacent to an activating group) is 1. The van der Waals surface area contributed by atoms with E-state index in [0.29, 0.717) is 29.7 Å². The van der Waals surface area contributed by atoms with Crippen molar-refractivity contribution in [1.29, 1.82) is 0 Å². The second-order valence-corrected chi connectivity index (χ2v) is 10.6. The summed E-state index contributed by atoms with van der Waals surface area (Å²) in [5.74, 6) is 0.289. The van der Waals surface area contributed by atoms with Gasteiger partial charge in [0.1, 0.15) is 5.82 Å². The minimum Gasteiger partial charge on any atom is -0.366 e. The zero-order chi connectivity index (χ0) is 28.0. The number of carbonyl (C=O) groups is 2. The van der Waals surface area contributed by atoms with Gasteiger partial charge in [0, 0.05) is 59.9 Å². The minimum atomic E-state index is -0.505. The number of aromatic amines is 1. The monoisotopic (exact) mass is 532 g/mol. The number of fused-ring (bicyclic) bond motifs is 3. The number of hydrogen-bond acceptors (Lipinski definition) is 5. The number of primary amides is 1. The van der Waals surface area contributed by atoms with E-state index < -0.39 is 5.91 Å². The number of piperazine rings is 1. The Kier molecular flexibility index (Phi) is 6.48. The number of benzene rings is 3. The van der Waals surface area contributed by atoms with Crippen LogP contribution in [0.1, 0.15) is 31.8 Å². The molecule has 8 heteroatoms. The highest BCUT2D eigenvalue weighted by molar-refractivity contribution is 6.20. The first-order valence-electron chi connectivity index (χ1n) is 13.5. The first-order valence-corrected chi connectivity index (χ1v) is 13.5. The molecular formula is C32H32N6O2. The largest absolute Gasteiger partial charge is 0.366 e. The fourth-order valence-electron chi connectivity index (χ4n) is 5.57. The maximum atomic E-state index is 13.3. The molecule has 40 heavy (non-hydrogen) atoms. The molecule has 3 aromatic carbocycles. The molecule has 8 nitrogen and oxygen atoms in total. The van der Waals surface area contributed by atoms with Crippen LogP contribution in [0.3, 0.4) is 0 Å². The highest BCUT2D eigenvalue weighted by Crippen LogP contribution is 2.39. The summed E-state index contributed by atoms with van der Waals surface area (Å²) in [5, 5.41) is 5.28. The molecule has 0 unspecified atom stereocenters. The summed E-state index contributed by atoms with van der Waals surface area (Å²) in [6.07, 6.45) is 1.79. The van der Waals surface area contributed by atoms with Crippen LogP contribution in [0.15, 0.2) is 66.9 Å². The van der Waals surface area contributed by atoms with Crippen molar-refractivity contribution in [2.45, 2.75) is 13.8 Å². The number of carbonyl (C=O) groups excluding carboxylic acids is 2. The van der Waals surface area contributed by atoms with Gasteiger partial charge in [-0.1, -0.05) is 24.3 Å². The molecule has 0 aliphatic carbocycles. The fraction of sp³-hybridized carbons (Fsp3) is 0.219. The zero-order valence-corrected chi connectivity index (χ0v) is 22.9. The van der Waals surface area contributed by atoms with Crippen molar-refractivity contribution in [2.24, 2.45) is 5.73 Å². The lowest BCUT2D eigenvalue weighted by Gasteiger charge is -2.32. The Morgan fingerprint density at radius 2 is 1.75 bits per heavy atom. The molecule has 2 amide bonds. The molecule has 2 aromatic heterocycles. The number of anilines is 2. The van der Waals surface area contributed by atoms with E-state index in [1.807, 2.05) is 60.4 Å². The fourth-order valence-corrected chi connectivity index (χ4v) is 5.57. The molecule has 1 saturated heterocycles. The Balaban J connectivity index is 1.47. The standard InChI is InChI=1S/C32H32N6O2/c1-19-11-12-34-28(17-19)35-26-6-4-5-22(20(26)2)23-9-10-25(31(33)39)30-29(23)24-8-7-21(18-27(24)36-30)32(40)38-15-13-37(3)14-16-38/h4-12,17-18,36H,13-16H2,1-3H3,(H2,33,39)(H,34,35). The van der Waals surface area contributed by atoms with Crippen LogP contribution in [-0.4, -0.2) is 64.8 Å². The number of nitrogens with one attached hydrogen (secondary N) is 2. The number of nitrogens with zero attached hydrogens (tertiary/aromatic N) is 3. The molecule has 5 aromatic rings. The molecule has 0 spiro atoms. The molecule has 0 atom stereocenters. The lowest BCUT2D eigenvalue weighted by Crippen LogP contribution is -2.47. The topological polar surface area (TPSA) is 107 Å². The number of nitrogens with two attached hydrogens (primary N) is 1. The van der Waals surface area contributed by atoms with Gasteiger partial charge in [-0.2, -0.15) is 0 Å². The summed E-state index contributed by atoms with van der Waals surface area (Å²) in [5.41, 5.74) is 13.4. The third-order valence-corrected chi connectivity index (χ3v) is 7.86. The summed E-state index contributed by atoms with van der Waals surface area (Å²) in [4.78, 5) is 37.7. The quantitative estimate of drug-likeness (QED) is 0.287. The van der Waals surface area contributed by atoms with Crippen LogP contribution < -0.4 is 11.1 Å². The van der Waals surface area contributed by atoms with Gasteiger partial charge in [0.05, 0.1) is 11.1 Å². The third-order valence-electron chi connectivity index (χ3n) is 7.86. The summed E-state index contributed by atoms with van der Waals surface area (Å²) in [6, 6.07) is 19.6. The molecular weight excluding hydrogens is 500 g/mol. The third kappa shape index (κ3) is 4.56. The van der Waals surface area contributed by atoms with Gasteiger partial charge in [-0.3, -0.25) is 9.59 Å². The summed E-state index contributed by atoms with van der Waals surface area (Å²) >= 11 is 0. The molecule has 3 heterocycles. The van der Waals surface area contributed by atoms with Gasteiger partial charge < -0.3 is 25.8 Å². The normalized spacial score (nSPS) is 14.1. The molecule has 6 rings (SSSR count). The van der Waals surface area contributed by atoms with E-state index in [-0.39, 0.29) is 5.91 Å². The zero-order valence-electron chi connectivity index (χ0n) is 22.9. The van der Waals surface area contributed by atoms with E-state index in [0.717, 1.165) is 63.1 Å². The van der Waals surface area contributed by atoms with Crippen molar-refractivity contribution in [3.8, 4) is 11.1 Å². The van der Waals surface area contributed by atoms with Crippen LogP contribution in [-0.2, 0) is 0 Å². The predicted octanol–water partition coefficient (Wildman–Crippen LogP) is 5.23. The highest BCUT2D eigenvalue weighted by Gasteiger charge is 2.23. The second-order valence-electron chi connectivity index (χ2n) is 10.6. The molecule has 202 valence electrons. The Labute approximate surface area is 232 Å². The van der Waals surface area contributed by atoms with Gasteiger partial charge in [-0.25, -0.2) is 4.98 Å². The molecule has 1 aliphatic rings. The van der Waals surface area contributed by atoms with Crippen molar-refractivity contribution >= 4 is 45.1 Å². The lowest BCUT2D eigenvalue weighted by molar-refractivity contribution is 0.0664. The van der Waals surface area contributed by atoms with Gasteiger partial charge in [0.2, 0.25) is 0 Å².